The number of fused-ring (bicyclic) bond motifs is 2. The standard InChI is InChI=1S/C22H18N4O4S/c1-11-6-12(2)17-15(7-11)16(19(27)24-17)18-20(28)26-10-25(9-23-22(26)31-18)14-5-3-4-13(8-14)21(29)30/h3-8H,9-10H2,1-2H3,(H,24,27)(H,29,30)/b18-16-. The molecule has 3 aromatic rings. The van der Waals surface area contributed by atoms with Crippen molar-refractivity contribution in [2.75, 3.05) is 16.9 Å². The van der Waals surface area contributed by atoms with Crippen molar-refractivity contribution in [1.29, 1.82) is 0 Å². The van der Waals surface area contributed by atoms with Crippen molar-refractivity contribution in [3.05, 3.63) is 78.3 Å². The Morgan fingerprint density at radius 2 is 2.00 bits per heavy atom. The number of aromatic nitrogens is 1. The molecule has 2 aliphatic rings. The second-order valence-electron chi connectivity index (χ2n) is 7.62. The molecule has 9 heteroatoms. The van der Waals surface area contributed by atoms with Crippen LogP contribution in [-0.2, 0) is 11.5 Å². The average Bonchev–Trinajstić information content (AvgIpc) is 3.24. The van der Waals surface area contributed by atoms with Crippen molar-refractivity contribution in [3.63, 3.8) is 0 Å². The highest BCUT2D eigenvalue weighted by Crippen LogP contribution is 2.33. The zero-order valence-electron chi connectivity index (χ0n) is 16.8. The Balaban J connectivity index is 1.63. The highest BCUT2D eigenvalue weighted by molar-refractivity contribution is 7.07. The quantitative estimate of drug-likeness (QED) is 0.635. The van der Waals surface area contributed by atoms with E-state index < -0.39 is 5.97 Å². The van der Waals surface area contributed by atoms with Crippen molar-refractivity contribution < 1.29 is 14.7 Å². The van der Waals surface area contributed by atoms with E-state index in [-0.39, 0.29) is 23.7 Å². The summed E-state index contributed by atoms with van der Waals surface area (Å²) in [6, 6.07) is 10.4. The summed E-state index contributed by atoms with van der Waals surface area (Å²) in [5.74, 6) is -1.30. The molecular formula is C22H18N4O4S. The van der Waals surface area contributed by atoms with Gasteiger partial charge >= 0.3 is 5.97 Å². The van der Waals surface area contributed by atoms with Crippen LogP contribution in [0.25, 0.3) is 5.57 Å². The van der Waals surface area contributed by atoms with E-state index >= 15 is 0 Å². The normalized spacial score (nSPS) is 16.5. The summed E-state index contributed by atoms with van der Waals surface area (Å²) in [4.78, 5) is 44.2. The first-order valence-corrected chi connectivity index (χ1v) is 10.4. The van der Waals surface area contributed by atoms with E-state index in [2.05, 4.69) is 10.3 Å². The third kappa shape index (κ3) is 3.05. The van der Waals surface area contributed by atoms with Gasteiger partial charge in [-0.15, -0.1) is 0 Å². The highest BCUT2D eigenvalue weighted by atomic mass is 32.1. The van der Waals surface area contributed by atoms with Gasteiger partial charge in [0.05, 0.1) is 16.8 Å². The molecule has 0 spiro atoms. The zero-order valence-corrected chi connectivity index (χ0v) is 17.6. The number of hydrogen-bond donors (Lipinski definition) is 2. The van der Waals surface area contributed by atoms with Crippen LogP contribution in [0.3, 0.4) is 0 Å². The molecule has 0 radical (unpaired) electrons. The Hall–Kier alpha value is -3.72. The molecule has 2 aromatic carbocycles. The Morgan fingerprint density at radius 1 is 1.19 bits per heavy atom. The van der Waals surface area contributed by atoms with Crippen molar-refractivity contribution >= 4 is 40.2 Å². The maximum absolute atomic E-state index is 13.3. The molecule has 8 nitrogen and oxygen atoms in total. The van der Waals surface area contributed by atoms with Crippen LogP contribution in [0.15, 0.2) is 46.2 Å². The molecule has 0 bridgehead atoms. The minimum Gasteiger partial charge on any atom is -0.478 e. The van der Waals surface area contributed by atoms with Gasteiger partial charge in [-0.1, -0.05) is 29.0 Å². The summed E-state index contributed by atoms with van der Waals surface area (Å²) in [5.41, 5.74) is 4.39. The Kier molecular flexibility index (Phi) is 4.30. The summed E-state index contributed by atoms with van der Waals surface area (Å²) in [6.07, 6.45) is 0. The summed E-state index contributed by atoms with van der Waals surface area (Å²) >= 11 is 1.21. The zero-order chi connectivity index (χ0) is 21.9. The fraction of sp³-hybridized carbons (Fsp3) is 0.182. The van der Waals surface area contributed by atoms with E-state index in [9.17, 15) is 19.5 Å². The summed E-state index contributed by atoms with van der Waals surface area (Å²) < 4.78 is 1.89. The molecule has 2 aliphatic heterocycles. The van der Waals surface area contributed by atoms with Crippen molar-refractivity contribution in [2.45, 2.75) is 20.5 Å². The van der Waals surface area contributed by atoms with Gasteiger partial charge < -0.3 is 15.3 Å². The average molecular weight is 434 g/mol. The van der Waals surface area contributed by atoms with Gasteiger partial charge in [-0.2, -0.15) is 0 Å². The van der Waals surface area contributed by atoms with Crippen molar-refractivity contribution in [2.24, 2.45) is 4.99 Å². The van der Waals surface area contributed by atoms with E-state index in [4.69, 9.17) is 0 Å². The molecule has 5 rings (SSSR count). The van der Waals surface area contributed by atoms with Gasteiger partial charge in [0.15, 0.2) is 4.80 Å². The molecule has 0 aliphatic carbocycles. The van der Waals surface area contributed by atoms with E-state index in [1.54, 1.807) is 18.2 Å². The van der Waals surface area contributed by atoms with Crippen molar-refractivity contribution in [3.8, 4) is 0 Å². The SMILES string of the molecule is Cc1cc(C)c2c(c1)/C(=c1/sc3n(c1=O)CN(c1cccc(C(=O)O)c1)CN=3)C(=O)N2. The van der Waals surface area contributed by atoms with Crippen LogP contribution in [-0.4, -0.2) is 28.2 Å². The lowest BCUT2D eigenvalue weighted by Crippen LogP contribution is -2.43. The van der Waals surface area contributed by atoms with Crippen LogP contribution in [0.4, 0.5) is 11.4 Å². The predicted molar refractivity (Wildman–Crippen MR) is 117 cm³/mol. The molecule has 1 amide bonds. The second kappa shape index (κ2) is 6.92. The first kappa shape index (κ1) is 19.3. The third-order valence-electron chi connectivity index (χ3n) is 5.45. The minimum absolute atomic E-state index is 0.169. The lowest BCUT2D eigenvalue weighted by Gasteiger charge is -2.25. The number of carbonyl (C=O) groups excluding carboxylic acids is 1. The maximum Gasteiger partial charge on any atom is 0.335 e. The number of thiazole rings is 1. The van der Waals surface area contributed by atoms with Crippen molar-refractivity contribution in [1.82, 2.24) is 4.57 Å². The number of rotatable bonds is 2. The van der Waals surface area contributed by atoms with Crippen LogP contribution in [0.5, 0.6) is 0 Å². The van der Waals surface area contributed by atoms with Gasteiger partial charge in [0.1, 0.15) is 17.9 Å². The van der Waals surface area contributed by atoms with Gasteiger partial charge in [0.25, 0.3) is 11.5 Å². The van der Waals surface area contributed by atoms with E-state index in [1.165, 1.54) is 22.0 Å². The largest absolute Gasteiger partial charge is 0.478 e. The maximum atomic E-state index is 13.3. The number of carboxylic acid groups (broad SMARTS) is 1. The van der Waals surface area contributed by atoms with E-state index in [1.807, 2.05) is 30.9 Å². The Morgan fingerprint density at radius 3 is 2.77 bits per heavy atom. The van der Waals surface area contributed by atoms with Crippen LogP contribution >= 0.6 is 11.3 Å². The predicted octanol–water partition coefficient (Wildman–Crippen LogP) is 1.43. The lowest BCUT2D eigenvalue weighted by atomic mass is 10.0. The molecule has 0 fully saturated rings. The molecule has 1 aromatic heterocycles. The van der Waals surface area contributed by atoms with Gasteiger partial charge in [-0.25, -0.2) is 9.79 Å². The summed E-state index contributed by atoms with van der Waals surface area (Å²) in [6.45, 7) is 4.41. The number of nitrogens with zero attached hydrogens (tertiary/aromatic N) is 3. The molecule has 31 heavy (non-hydrogen) atoms. The number of carbonyl (C=O) groups is 2. The number of hydrogen-bond acceptors (Lipinski definition) is 6. The Bertz CT molecular complexity index is 1470. The number of aryl methyl sites for hydroxylation is 2. The van der Waals surface area contributed by atoms with Gasteiger partial charge in [0.2, 0.25) is 0 Å². The van der Waals surface area contributed by atoms with Crippen LogP contribution in [0.2, 0.25) is 0 Å². The number of benzene rings is 2. The summed E-state index contributed by atoms with van der Waals surface area (Å²) in [7, 11) is 0. The number of carboxylic acids is 1. The number of amides is 1. The van der Waals surface area contributed by atoms with Gasteiger partial charge in [0, 0.05) is 11.3 Å². The fourth-order valence-corrected chi connectivity index (χ4v) is 5.07. The van der Waals surface area contributed by atoms with E-state index in [0.717, 1.165) is 22.4 Å². The second-order valence-corrected chi connectivity index (χ2v) is 8.59. The molecule has 156 valence electrons. The first-order valence-electron chi connectivity index (χ1n) is 9.63. The first-order chi connectivity index (χ1) is 14.8. The molecule has 0 saturated carbocycles. The molecule has 2 N–H and O–H groups in total. The van der Waals surface area contributed by atoms with Crippen LogP contribution in [0, 0.1) is 13.8 Å². The Labute approximate surface area is 180 Å². The molecule has 0 atom stereocenters. The molecule has 3 heterocycles. The third-order valence-corrected chi connectivity index (χ3v) is 6.57. The monoisotopic (exact) mass is 434 g/mol. The number of anilines is 2. The smallest absolute Gasteiger partial charge is 0.335 e. The molecule has 0 saturated heterocycles. The highest BCUT2D eigenvalue weighted by Gasteiger charge is 2.29. The number of nitrogens with one attached hydrogen (secondary N) is 1. The molecule has 0 unspecified atom stereocenters. The minimum atomic E-state index is -1.01. The fourth-order valence-electron chi connectivity index (χ4n) is 4.01. The molecular weight excluding hydrogens is 416 g/mol. The van der Waals surface area contributed by atoms with Crippen LogP contribution < -0.4 is 25.1 Å². The lowest BCUT2D eigenvalue weighted by molar-refractivity contribution is -0.110. The summed E-state index contributed by atoms with van der Waals surface area (Å²) in [5, 5.41) is 12.1. The van der Waals surface area contributed by atoms with Gasteiger partial charge in [-0.05, 0) is 43.7 Å². The van der Waals surface area contributed by atoms with E-state index in [0.29, 0.717) is 27.3 Å². The topological polar surface area (TPSA) is 104 Å². The van der Waals surface area contributed by atoms with Crippen LogP contribution in [0.1, 0.15) is 27.0 Å². The number of aromatic carboxylic acids is 1. The van der Waals surface area contributed by atoms with Gasteiger partial charge in [-0.3, -0.25) is 14.2 Å².